The number of H-pyrrole nitrogens is 1. The van der Waals surface area contributed by atoms with Crippen molar-refractivity contribution in [2.24, 2.45) is 0 Å². The molecular formula is C25H27N5O2. The van der Waals surface area contributed by atoms with Gasteiger partial charge in [-0.2, -0.15) is 5.26 Å². The lowest BCUT2D eigenvalue weighted by molar-refractivity contribution is 0.0587. The number of hydrogen-bond donors (Lipinski definition) is 1. The van der Waals surface area contributed by atoms with E-state index in [-0.39, 0.29) is 12.1 Å². The maximum atomic E-state index is 12.6. The number of amides is 1. The lowest BCUT2D eigenvalue weighted by atomic mass is 10.0. The molecule has 0 spiro atoms. The molecule has 1 fully saturated rings. The summed E-state index contributed by atoms with van der Waals surface area (Å²) in [4.78, 5) is 24.2. The molecule has 2 heterocycles. The van der Waals surface area contributed by atoms with Crippen LogP contribution >= 0.6 is 0 Å². The summed E-state index contributed by atoms with van der Waals surface area (Å²) >= 11 is 0. The van der Waals surface area contributed by atoms with Gasteiger partial charge in [0.05, 0.1) is 29.7 Å². The fraction of sp³-hybridized carbons (Fsp3) is 0.320. The van der Waals surface area contributed by atoms with E-state index in [1.54, 1.807) is 11.2 Å². The number of nitrogens with one attached hydrogen (secondary N) is 1. The van der Waals surface area contributed by atoms with Crippen LogP contribution in [-0.4, -0.2) is 52.0 Å². The molecule has 7 heteroatoms. The molecule has 0 bridgehead atoms. The van der Waals surface area contributed by atoms with Crippen molar-refractivity contribution in [1.29, 1.82) is 5.26 Å². The van der Waals surface area contributed by atoms with E-state index < -0.39 is 0 Å². The molecule has 164 valence electrons. The van der Waals surface area contributed by atoms with Crippen LogP contribution in [0, 0.1) is 18.3 Å². The van der Waals surface area contributed by atoms with Crippen molar-refractivity contribution in [3.8, 4) is 6.07 Å². The zero-order chi connectivity index (χ0) is 22.3. The molecule has 1 aliphatic heterocycles. The van der Waals surface area contributed by atoms with E-state index in [1.165, 1.54) is 0 Å². The van der Waals surface area contributed by atoms with E-state index in [4.69, 9.17) is 10.00 Å². The van der Waals surface area contributed by atoms with Crippen LogP contribution in [0.2, 0.25) is 0 Å². The maximum Gasteiger partial charge on any atom is 0.410 e. The van der Waals surface area contributed by atoms with Gasteiger partial charge >= 0.3 is 6.09 Å². The summed E-state index contributed by atoms with van der Waals surface area (Å²) < 4.78 is 5.56. The van der Waals surface area contributed by atoms with Gasteiger partial charge in [-0.25, -0.2) is 9.78 Å². The van der Waals surface area contributed by atoms with Crippen molar-refractivity contribution < 1.29 is 9.53 Å². The Morgan fingerprint density at radius 3 is 2.56 bits per heavy atom. The fourth-order valence-corrected chi connectivity index (χ4v) is 4.04. The first kappa shape index (κ1) is 21.6. The fourth-order valence-electron chi connectivity index (χ4n) is 4.04. The van der Waals surface area contributed by atoms with Gasteiger partial charge in [0, 0.05) is 32.4 Å². The van der Waals surface area contributed by atoms with Crippen LogP contribution < -0.4 is 0 Å². The molecule has 1 aromatic heterocycles. The lowest BCUT2D eigenvalue weighted by Crippen LogP contribution is -2.50. The number of aromatic amines is 1. The first-order chi connectivity index (χ1) is 15.6. The average molecular weight is 430 g/mol. The molecule has 1 amide bonds. The lowest BCUT2D eigenvalue weighted by Gasteiger charge is -2.38. The normalized spacial score (nSPS) is 15.2. The molecule has 4 rings (SSSR count). The minimum atomic E-state index is -0.266. The highest BCUT2D eigenvalue weighted by Gasteiger charge is 2.28. The van der Waals surface area contributed by atoms with Crippen LogP contribution in [0.3, 0.4) is 0 Å². The summed E-state index contributed by atoms with van der Waals surface area (Å²) in [5.74, 6) is 0. The van der Waals surface area contributed by atoms with E-state index in [0.29, 0.717) is 25.3 Å². The Morgan fingerprint density at radius 1 is 1.16 bits per heavy atom. The molecule has 1 aliphatic rings. The number of hydrogen-bond acceptors (Lipinski definition) is 5. The number of benzene rings is 2. The van der Waals surface area contributed by atoms with Crippen molar-refractivity contribution in [3.05, 3.63) is 89.0 Å². The smallest absolute Gasteiger partial charge is 0.410 e. The number of nitrogens with zero attached hydrogens (tertiary/aromatic N) is 4. The predicted molar refractivity (Wildman–Crippen MR) is 121 cm³/mol. The Kier molecular flexibility index (Phi) is 6.83. The Hall–Kier alpha value is -3.63. The third-order valence-corrected chi connectivity index (χ3v) is 6.02. The second-order valence-corrected chi connectivity index (χ2v) is 8.04. The number of carbonyl (C=O) groups excluding carboxylic acids is 1. The molecule has 0 radical (unpaired) electrons. The quantitative estimate of drug-likeness (QED) is 0.644. The number of ether oxygens (including phenoxy) is 1. The summed E-state index contributed by atoms with van der Waals surface area (Å²) in [6, 6.07) is 17.9. The van der Waals surface area contributed by atoms with Gasteiger partial charge in [-0.3, -0.25) is 4.90 Å². The van der Waals surface area contributed by atoms with Crippen LogP contribution in [0.5, 0.6) is 0 Å². The molecule has 2 aromatic carbocycles. The molecule has 3 aromatic rings. The van der Waals surface area contributed by atoms with Crippen LogP contribution in [0.15, 0.2) is 61.1 Å². The molecular weight excluding hydrogens is 402 g/mol. The number of imidazole rings is 1. The predicted octanol–water partition coefficient (Wildman–Crippen LogP) is 3.83. The van der Waals surface area contributed by atoms with Gasteiger partial charge in [-0.05, 0) is 42.2 Å². The molecule has 1 N–H and O–H groups in total. The summed E-state index contributed by atoms with van der Waals surface area (Å²) in [7, 11) is 0. The van der Waals surface area contributed by atoms with Crippen LogP contribution in [0.25, 0.3) is 0 Å². The first-order valence-electron chi connectivity index (χ1n) is 10.8. The van der Waals surface area contributed by atoms with Crippen LogP contribution in [-0.2, 0) is 17.8 Å². The first-order valence-corrected chi connectivity index (χ1v) is 10.8. The van der Waals surface area contributed by atoms with Crippen molar-refractivity contribution >= 4 is 6.09 Å². The van der Waals surface area contributed by atoms with Gasteiger partial charge in [0.25, 0.3) is 0 Å². The van der Waals surface area contributed by atoms with Crippen LogP contribution in [0.1, 0.15) is 34.0 Å². The Labute approximate surface area is 188 Å². The highest BCUT2D eigenvalue weighted by atomic mass is 16.6. The topological polar surface area (TPSA) is 85.2 Å². The second kappa shape index (κ2) is 10.1. The highest BCUT2D eigenvalue weighted by Crippen LogP contribution is 2.25. The number of aryl methyl sites for hydroxylation is 1. The van der Waals surface area contributed by atoms with Gasteiger partial charge in [0.15, 0.2) is 0 Å². The largest absolute Gasteiger partial charge is 0.445 e. The van der Waals surface area contributed by atoms with Gasteiger partial charge in [-0.15, -0.1) is 0 Å². The Bertz CT molecular complexity index is 1060. The number of piperazine rings is 1. The van der Waals surface area contributed by atoms with E-state index in [9.17, 15) is 4.79 Å². The standard InChI is InChI=1S/C25H27N5O2/c1-19-4-2-3-5-22(19)17-32-25(31)30-12-10-29(11-13-30)24(23-16-27-18-28-23)14-20-6-8-21(15-26)9-7-20/h2-9,16,18,24H,10-14,17H2,1H3,(H,27,28). The van der Waals surface area contributed by atoms with Crippen molar-refractivity contribution in [2.45, 2.75) is 26.0 Å². The average Bonchev–Trinajstić information content (AvgIpc) is 3.37. The third-order valence-electron chi connectivity index (χ3n) is 6.02. The van der Waals surface area contributed by atoms with Crippen molar-refractivity contribution in [3.63, 3.8) is 0 Å². The number of nitriles is 1. The van der Waals surface area contributed by atoms with Gasteiger partial charge in [0.2, 0.25) is 0 Å². The van der Waals surface area contributed by atoms with E-state index >= 15 is 0 Å². The number of carbonyl (C=O) groups is 1. The molecule has 1 unspecified atom stereocenters. The maximum absolute atomic E-state index is 12.6. The monoisotopic (exact) mass is 429 g/mol. The van der Waals surface area contributed by atoms with Crippen molar-refractivity contribution in [2.75, 3.05) is 26.2 Å². The highest BCUT2D eigenvalue weighted by molar-refractivity contribution is 5.67. The summed E-state index contributed by atoms with van der Waals surface area (Å²) in [5, 5.41) is 9.04. The van der Waals surface area contributed by atoms with E-state index in [0.717, 1.165) is 41.9 Å². The second-order valence-electron chi connectivity index (χ2n) is 8.04. The minimum Gasteiger partial charge on any atom is -0.445 e. The van der Waals surface area contributed by atoms with Gasteiger partial charge < -0.3 is 14.6 Å². The summed E-state index contributed by atoms with van der Waals surface area (Å²) in [6.07, 6.45) is 4.08. The molecule has 1 atom stereocenters. The molecule has 0 saturated carbocycles. The summed E-state index contributed by atoms with van der Waals surface area (Å²) in [6.45, 7) is 5.04. The zero-order valence-electron chi connectivity index (χ0n) is 18.2. The van der Waals surface area contributed by atoms with Gasteiger partial charge in [0.1, 0.15) is 6.61 Å². The van der Waals surface area contributed by atoms with Crippen LogP contribution in [0.4, 0.5) is 4.79 Å². The summed E-state index contributed by atoms with van der Waals surface area (Å²) in [5.41, 5.74) is 5.01. The molecule has 0 aliphatic carbocycles. The minimum absolute atomic E-state index is 0.121. The molecule has 1 saturated heterocycles. The number of rotatable bonds is 6. The van der Waals surface area contributed by atoms with E-state index in [1.807, 2.05) is 61.7 Å². The Balaban J connectivity index is 1.36. The SMILES string of the molecule is Cc1ccccc1COC(=O)N1CCN(C(Cc2ccc(C#N)cc2)c2cnc[nH]2)CC1. The molecule has 7 nitrogen and oxygen atoms in total. The Morgan fingerprint density at radius 2 is 1.91 bits per heavy atom. The zero-order valence-corrected chi connectivity index (χ0v) is 18.2. The van der Waals surface area contributed by atoms with Gasteiger partial charge in [-0.1, -0.05) is 36.4 Å². The third kappa shape index (κ3) is 5.16. The van der Waals surface area contributed by atoms with E-state index in [2.05, 4.69) is 20.9 Å². The van der Waals surface area contributed by atoms with Crippen molar-refractivity contribution in [1.82, 2.24) is 19.8 Å². The number of aromatic nitrogens is 2. The molecule has 32 heavy (non-hydrogen) atoms.